The van der Waals surface area contributed by atoms with Crippen LogP contribution in [0.1, 0.15) is 19.3 Å². The van der Waals surface area contributed by atoms with E-state index in [9.17, 15) is 8.42 Å². The summed E-state index contributed by atoms with van der Waals surface area (Å²) >= 11 is 0. The van der Waals surface area contributed by atoms with Gasteiger partial charge in [-0.25, -0.2) is 8.42 Å². The maximum atomic E-state index is 12.2. The summed E-state index contributed by atoms with van der Waals surface area (Å²) in [7, 11) is -3.16. The van der Waals surface area contributed by atoms with Crippen molar-refractivity contribution in [2.75, 3.05) is 0 Å². The fraction of sp³-hybridized carbons (Fsp3) is 0.455. The Morgan fingerprint density at radius 3 is 2.07 bits per heavy atom. The van der Waals surface area contributed by atoms with Gasteiger partial charge in [-0.15, -0.1) is 0 Å². The van der Waals surface area contributed by atoms with E-state index < -0.39 is 14.6 Å². The molecule has 0 unspecified atom stereocenters. The van der Waals surface area contributed by atoms with Crippen molar-refractivity contribution in [2.45, 2.75) is 28.9 Å². The first kappa shape index (κ1) is 9.21. The van der Waals surface area contributed by atoms with E-state index in [0.29, 0.717) is 10.8 Å². The molecule has 3 saturated carbocycles. The van der Waals surface area contributed by atoms with Crippen LogP contribution in [0, 0.1) is 5.92 Å². The second-order valence-corrected chi connectivity index (χ2v) is 7.00. The largest absolute Gasteiger partial charge is 0.508 e. The summed E-state index contributed by atoms with van der Waals surface area (Å²) in [6.07, 6.45) is 2.49. The third kappa shape index (κ3) is 1.03. The molecule has 3 fully saturated rings. The molecule has 0 saturated heterocycles. The highest BCUT2D eigenvalue weighted by atomic mass is 32.2. The van der Waals surface area contributed by atoms with E-state index in [2.05, 4.69) is 0 Å². The average molecular weight is 224 g/mol. The number of rotatable bonds is 2. The molecule has 80 valence electrons. The predicted octanol–water partition coefficient (Wildman–Crippen LogP) is 1.72. The van der Waals surface area contributed by atoms with Gasteiger partial charge in [-0.3, -0.25) is 0 Å². The van der Waals surface area contributed by atoms with Crippen LogP contribution in [-0.4, -0.2) is 18.3 Å². The second-order valence-electron chi connectivity index (χ2n) is 4.66. The van der Waals surface area contributed by atoms with Crippen molar-refractivity contribution in [1.29, 1.82) is 0 Å². The molecule has 2 bridgehead atoms. The molecule has 4 rings (SSSR count). The van der Waals surface area contributed by atoms with Crippen LogP contribution >= 0.6 is 0 Å². The van der Waals surface area contributed by atoms with Crippen molar-refractivity contribution >= 4 is 9.84 Å². The van der Waals surface area contributed by atoms with Crippen LogP contribution in [0.2, 0.25) is 0 Å². The summed E-state index contributed by atoms with van der Waals surface area (Å²) in [6.45, 7) is 0. The van der Waals surface area contributed by atoms with Gasteiger partial charge >= 0.3 is 0 Å². The van der Waals surface area contributed by atoms with Crippen molar-refractivity contribution in [3.05, 3.63) is 24.3 Å². The van der Waals surface area contributed by atoms with Crippen LogP contribution in [0.15, 0.2) is 29.2 Å². The van der Waals surface area contributed by atoms with Gasteiger partial charge in [-0.1, -0.05) is 0 Å². The van der Waals surface area contributed by atoms with Gasteiger partial charge in [-0.2, -0.15) is 0 Å². The van der Waals surface area contributed by atoms with Gasteiger partial charge in [0.25, 0.3) is 0 Å². The zero-order valence-corrected chi connectivity index (χ0v) is 9.00. The lowest BCUT2D eigenvalue weighted by Gasteiger charge is -2.60. The molecule has 4 heteroatoms. The molecular formula is C11H12O3S. The Bertz CT molecular complexity index is 484. The molecule has 0 atom stereocenters. The normalized spacial score (nSPS) is 32.9. The zero-order chi connectivity index (χ0) is 10.7. The molecule has 0 aliphatic heterocycles. The second kappa shape index (κ2) is 2.55. The Balaban J connectivity index is 2.02. The van der Waals surface area contributed by atoms with E-state index in [-0.39, 0.29) is 5.75 Å². The van der Waals surface area contributed by atoms with Crippen LogP contribution in [0.4, 0.5) is 0 Å². The molecule has 3 nitrogen and oxygen atoms in total. The van der Waals surface area contributed by atoms with Crippen molar-refractivity contribution in [3.8, 4) is 5.75 Å². The summed E-state index contributed by atoms with van der Waals surface area (Å²) in [5.41, 5.74) is 0. The van der Waals surface area contributed by atoms with Gasteiger partial charge < -0.3 is 5.11 Å². The fourth-order valence-electron chi connectivity index (χ4n) is 2.60. The highest BCUT2D eigenvalue weighted by Gasteiger charge is 2.64. The Labute approximate surface area is 88.7 Å². The van der Waals surface area contributed by atoms with Crippen LogP contribution in [-0.2, 0) is 9.84 Å². The molecule has 1 N–H and O–H groups in total. The van der Waals surface area contributed by atoms with Gasteiger partial charge in [0.2, 0.25) is 0 Å². The fourth-order valence-corrected chi connectivity index (χ4v) is 4.96. The minimum absolute atomic E-state index is 0.103. The van der Waals surface area contributed by atoms with Gasteiger partial charge in [0.15, 0.2) is 9.84 Å². The highest BCUT2D eigenvalue weighted by molar-refractivity contribution is 7.93. The molecule has 3 aliphatic rings. The van der Waals surface area contributed by atoms with Crippen LogP contribution < -0.4 is 0 Å². The van der Waals surface area contributed by atoms with E-state index in [1.54, 1.807) is 0 Å². The van der Waals surface area contributed by atoms with Crippen LogP contribution in [0.25, 0.3) is 0 Å². The molecule has 0 amide bonds. The molecule has 15 heavy (non-hydrogen) atoms. The third-order valence-electron chi connectivity index (χ3n) is 3.70. The number of hydrogen-bond donors (Lipinski definition) is 1. The lowest BCUT2D eigenvalue weighted by molar-refractivity contribution is 0.0483. The summed E-state index contributed by atoms with van der Waals surface area (Å²) in [5.74, 6) is 0.753. The maximum absolute atomic E-state index is 12.2. The van der Waals surface area contributed by atoms with E-state index in [0.717, 1.165) is 19.3 Å². The van der Waals surface area contributed by atoms with Gasteiger partial charge in [0.05, 0.1) is 9.64 Å². The molecule has 0 aromatic heterocycles. The topological polar surface area (TPSA) is 54.4 Å². The third-order valence-corrected chi connectivity index (χ3v) is 6.23. The van der Waals surface area contributed by atoms with Crippen molar-refractivity contribution < 1.29 is 13.5 Å². The lowest BCUT2D eigenvalue weighted by Crippen LogP contribution is -2.62. The molecule has 0 radical (unpaired) electrons. The van der Waals surface area contributed by atoms with Crippen molar-refractivity contribution in [3.63, 3.8) is 0 Å². The maximum Gasteiger partial charge on any atom is 0.184 e. The monoisotopic (exact) mass is 224 g/mol. The number of benzene rings is 1. The Kier molecular flexibility index (Phi) is 1.57. The van der Waals surface area contributed by atoms with Crippen molar-refractivity contribution in [1.82, 2.24) is 0 Å². The summed E-state index contributed by atoms with van der Waals surface area (Å²) in [6, 6.07) is 5.84. The van der Waals surface area contributed by atoms with Gasteiger partial charge in [-0.05, 0) is 49.4 Å². The minimum Gasteiger partial charge on any atom is -0.508 e. The number of phenolic OH excluding ortho intramolecular Hbond substituents is 1. The summed E-state index contributed by atoms with van der Waals surface area (Å²) in [5, 5.41) is 9.11. The number of phenols is 1. The first-order chi connectivity index (χ1) is 7.03. The van der Waals surface area contributed by atoms with Crippen LogP contribution in [0.5, 0.6) is 5.75 Å². The van der Waals surface area contributed by atoms with E-state index in [1.165, 1.54) is 24.3 Å². The standard InChI is InChI=1S/C11H12O3S/c12-9-1-3-10(4-2-9)15(13,14)11-5-8(6-11)7-11/h1-4,8,12H,5-7H2. The first-order valence-corrected chi connectivity index (χ1v) is 6.56. The molecule has 1 aromatic carbocycles. The molecule has 0 heterocycles. The summed E-state index contributed by atoms with van der Waals surface area (Å²) in [4.78, 5) is 0.346. The minimum atomic E-state index is -3.16. The Hall–Kier alpha value is -1.03. The first-order valence-electron chi connectivity index (χ1n) is 5.07. The molecule has 1 aromatic rings. The number of sulfone groups is 1. The number of hydrogen-bond acceptors (Lipinski definition) is 3. The predicted molar refractivity (Wildman–Crippen MR) is 55.4 cm³/mol. The smallest absolute Gasteiger partial charge is 0.184 e. The quantitative estimate of drug-likeness (QED) is 0.832. The SMILES string of the molecule is O=S(=O)(c1ccc(O)cc1)C12CC(C1)C2. The highest BCUT2D eigenvalue weighted by Crippen LogP contribution is 2.63. The van der Waals surface area contributed by atoms with E-state index >= 15 is 0 Å². The molecule has 3 aliphatic carbocycles. The Morgan fingerprint density at radius 2 is 1.67 bits per heavy atom. The van der Waals surface area contributed by atoms with Gasteiger partial charge in [0.1, 0.15) is 5.75 Å². The van der Waals surface area contributed by atoms with Crippen LogP contribution in [0.3, 0.4) is 0 Å². The molecule has 0 spiro atoms. The lowest BCUT2D eigenvalue weighted by atomic mass is 9.55. The zero-order valence-electron chi connectivity index (χ0n) is 8.18. The summed E-state index contributed by atoms with van der Waals surface area (Å²) < 4.78 is 24.0. The van der Waals surface area contributed by atoms with E-state index in [1.807, 2.05) is 0 Å². The number of aromatic hydroxyl groups is 1. The van der Waals surface area contributed by atoms with Crippen molar-refractivity contribution in [2.24, 2.45) is 5.92 Å². The van der Waals surface area contributed by atoms with Gasteiger partial charge in [0, 0.05) is 0 Å². The average Bonchev–Trinajstić information content (AvgIpc) is 1.97. The molecular weight excluding hydrogens is 212 g/mol. The van der Waals surface area contributed by atoms with E-state index in [4.69, 9.17) is 5.11 Å². The Morgan fingerprint density at radius 1 is 1.13 bits per heavy atom.